The van der Waals surface area contributed by atoms with Crippen molar-refractivity contribution in [1.29, 1.82) is 0 Å². The molecule has 0 saturated carbocycles. The van der Waals surface area contributed by atoms with Gasteiger partial charge in [-0.05, 0) is 84.7 Å². The summed E-state index contributed by atoms with van der Waals surface area (Å²) >= 11 is 0. The fourth-order valence-electron chi connectivity index (χ4n) is 5.40. The molecule has 53 heavy (non-hydrogen) atoms. The number of rotatable bonds is 38. The fourth-order valence-corrected chi connectivity index (χ4v) is 6.14. The summed E-state index contributed by atoms with van der Waals surface area (Å²) in [6, 6.07) is 0. The summed E-state index contributed by atoms with van der Waals surface area (Å²) in [5.74, 6) is -0.830. The summed E-state index contributed by atoms with van der Waals surface area (Å²) in [4.78, 5) is 37.0. The Balaban J connectivity index is 4.35. The molecule has 0 spiro atoms. The number of phosphoric ester groups is 1. The van der Waals surface area contributed by atoms with Gasteiger partial charge in [-0.2, -0.15) is 0 Å². The maximum atomic E-state index is 12.6. The number of carbonyl (C=O) groups is 2. The monoisotopic (exact) mass is 768 g/mol. The van der Waals surface area contributed by atoms with Gasteiger partial charge in [0.2, 0.25) is 0 Å². The van der Waals surface area contributed by atoms with E-state index in [0.29, 0.717) is 13.0 Å². The normalized spacial score (nSPS) is 13.9. The summed E-state index contributed by atoms with van der Waals surface area (Å²) in [6.45, 7) is 4.16. The predicted octanol–water partition coefficient (Wildman–Crippen LogP) is 11.8. The molecule has 0 saturated heterocycles. The van der Waals surface area contributed by atoms with Gasteiger partial charge in [0.15, 0.2) is 6.10 Å². The number of phosphoric acid groups is 1. The van der Waals surface area contributed by atoms with Crippen molar-refractivity contribution in [3.8, 4) is 0 Å². The molecule has 308 valence electrons. The van der Waals surface area contributed by atoms with Crippen molar-refractivity contribution in [3.63, 3.8) is 0 Å². The van der Waals surface area contributed by atoms with Crippen molar-refractivity contribution in [3.05, 3.63) is 48.6 Å². The lowest BCUT2D eigenvalue weighted by Gasteiger charge is -2.20. The first-order valence-electron chi connectivity index (χ1n) is 20.9. The van der Waals surface area contributed by atoms with Crippen molar-refractivity contribution in [2.45, 2.75) is 174 Å². The zero-order valence-electron chi connectivity index (χ0n) is 34.2. The molecule has 0 aromatic heterocycles. The molecule has 2 atom stereocenters. The van der Waals surface area contributed by atoms with E-state index in [1.807, 2.05) is 19.0 Å². The molecule has 0 rings (SSSR count). The molecule has 0 aliphatic carbocycles. The van der Waals surface area contributed by atoms with Crippen LogP contribution < -0.4 is 0 Å². The Morgan fingerprint density at radius 1 is 0.604 bits per heavy atom. The van der Waals surface area contributed by atoms with Gasteiger partial charge in [0.25, 0.3) is 0 Å². The van der Waals surface area contributed by atoms with E-state index in [1.165, 1.54) is 51.4 Å². The van der Waals surface area contributed by atoms with E-state index < -0.39 is 26.5 Å². The van der Waals surface area contributed by atoms with Crippen LogP contribution in [0.5, 0.6) is 0 Å². The van der Waals surface area contributed by atoms with Gasteiger partial charge in [0.1, 0.15) is 6.61 Å². The number of nitrogens with zero attached hydrogens (tertiary/aromatic N) is 1. The minimum absolute atomic E-state index is 0.00163. The van der Waals surface area contributed by atoms with E-state index in [4.69, 9.17) is 18.5 Å². The molecule has 0 radical (unpaired) electrons. The number of allylic oxidation sites excluding steroid dienone is 8. The highest BCUT2D eigenvalue weighted by molar-refractivity contribution is 7.47. The Morgan fingerprint density at radius 3 is 1.62 bits per heavy atom. The van der Waals surface area contributed by atoms with Crippen LogP contribution in [0.25, 0.3) is 0 Å². The molecular weight excluding hydrogens is 689 g/mol. The molecule has 0 heterocycles. The molecule has 0 bridgehead atoms. The molecule has 1 N–H and O–H groups in total. The Kier molecular flexibility index (Phi) is 36.8. The molecular formula is C43H78NO8P. The van der Waals surface area contributed by atoms with E-state index in [-0.39, 0.29) is 32.0 Å². The first kappa shape index (κ1) is 51.0. The molecule has 0 aliphatic heterocycles. The minimum atomic E-state index is -4.37. The molecule has 9 nitrogen and oxygen atoms in total. The third kappa shape index (κ3) is 39.5. The van der Waals surface area contributed by atoms with E-state index in [0.717, 1.165) is 83.5 Å². The topological polar surface area (TPSA) is 112 Å². The van der Waals surface area contributed by atoms with Gasteiger partial charge in [0, 0.05) is 19.4 Å². The van der Waals surface area contributed by atoms with Gasteiger partial charge < -0.3 is 19.3 Å². The Hall–Kier alpha value is -2.03. The van der Waals surface area contributed by atoms with Crippen LogP contribution in [0.1, 0.15) is 168 Å². The molecule has 0 amide bonds. The maximum absolute atomic E-state index is 12.6. The summed E-state index contributed by atoms with van der Waals surface area (Å²) in [7, 11) is -0.726. The van der Waals surface area contributed by atoms with Crippen LogP contribution in [0.2, 0.25) is 0 Å². The molecule has 0 aromatic rings. The van der Waals surface area contributed by atoms with Crippen molar-refractivity contribution >= 4 is 19.8 Å². The number of hydrogen-bond acceptors (Lipinski definition) is 8. The quantitative estimate of drug-likeness (QED) is 0.0284. The van der Waals surface area contributed by atoms with Gasteiger partial charge in [-0.15, -0.1) is 0 Å². The Bertz CT molecular complexity index is 1030. The first-order valence-corrected chi connectivity index (χ1v) is 22.4. The smallest absolute Gasteiger partial charge is 0.462 e. The number of hydrogen-bond donors (Lipinski definition) is 1. The van der Waals surface area contributed by atoms with Crippen molar-refractivity contribution in [2.75, 3.05) is 40.5 Å². The highest BCUT2D eigenvalue weighted by Crippen LogP contribution is 2.43. The van der Waals surface area contributed by atoms with Gasteiger partial charge in [-0.25, -0.2) is 4.57 Å². The maximum Gasteiger partial charge on any atom is 0.472 e. The van der Waals surface area contributed by atoms with Gasteiger partial charge >= 0.3 is 19.8 Å². The lowest BCUT2D eigenvalue weighted by atomic mass is 10.1. The van der Waals surface area contributed by atoms with E-state index in [9.17, 15) is 19.0 Å². The fraction of sp³-hybridized carbons (Fsp3) is 0.767. The second kappa shape index (κ2) is 38.3. The van der Waals surface area contributed by atoms with E-state index >= 15 is 0 Å². The Labute approximate surface area is 324 Å². The average molecular weight is 768 g/mol. The molecule has 0 aliphatic rings. The standard InChI is InChI=1S/C43H78NO8P/c1-5-7-9-11-13-15-17-19-21-23-25-27-29-31-33-35-42(45)49-39-41(40-51-53(47,48)50-38-37-44(3)4)52-43(46)36-34-32-30-28-26-24-22-20-18-16-14-12-10-8-6-2/h8,10,14-17,20,22,41H,5-7,9,11-13,18-19,21,23-40H2,1-4H3,(H,47,48)/b10-8-,16-14-,17-15-,22-20-. The first-order chi connectivity index (χ1) is 25.7. The zero-order chi connectivity index (χ0) is 39.1. The molecule has 0 aromatic carbocycles. The van der Waals surface area contributed by atoms with Crippen molar-refractivity contribution in [1.82, 2.24) is 4.90 Å². The molecule has 2 unspecified atom stereocenters. The minimum Gasteiger partial charge on any atom is -0.462 e. The van der Waals surface area contributed by atoms with Crippen LogP contribution >= 0.6 is 7.82 Å². The van der Waals surface area contributed by atoms with Crippen LogP contribution in [-0.4, -0.2) is 68.3 Å². The largest absolute Gasteiger partial charge is 0.472 e. The highest BCUT2D eigenvalue weighted by atomic mass is 31.2. The predicted molar refractivity (Wildman–Crippen MR) is 220 cm³/mol. The average Bonchev–Trinajstić information content (AvgIpc) is 3.12. The van der Waals surface area contributed by atoms with Gasteiger partial charge in [-0.1, -0.05) is 133 Å². The van der Waals surface area contributed by atoms with E-state index in [1.54, 1.807) is 0 Å². The van der Waals surface area contributed by atoms with Crippen LogP contribution in [0.4, 0.5) is 0 Å². The van der Waals surface area contributed by atoms with Crippen molar-refractivity contribution < 1.29 is 37.6 Å². The van der Waals surface area contributed by atoms with Gasteiger partial charge in [0.05, 0.1) is 13.2 Å². The highest BCUT2D eigenvalue weighted by Gasteiger charge is 2.26. The number of esters is 2. The van der Waals surface area contributed by atoms with Gasteiger partial charge in [-0.3, -0.25) is 18.6 Å². The third-order valence-electron chi connectivity index (χ3n) is 8.62. The summed E-state index contributed by atoms with van der Waals surface area (Å²) in [5, 5.41) is 0. The second-order valence-electron chi connectivity index (χ2n) is 14.1. The number of likely N-dealkylation sites (N-methyl/N-ethyl adjacent to an activating group) is 1. The third-order valence-corrected chi connectivity index (χ3v) is 9.60. The van der Waals surface area contributed by atoms with Crippen LogP contribution in [-0.2, 0) is 32.7 Å². The number of carbonyl (C=O) groups excluding carboxylic acids is 2. The van der Waals surface area contributed by atoms with Crippen molar-refractivity contribution in [2.24, 2.45) is 0 Å². The Morgan fingerprint density at radius 2 is 1.08 bits per heavy atom. The lowest BCUT2D eigenvalue weighted by Crippen LogP contribution is -2.29. The van der Waals surface area contributed by atoms with Crippen LogP contribution in [0.3, 0.4) is 0 Å². The SMILES string of the molecule is CC/C=C\C/C=C\C/C=C\CCCCCCCC(=O)OC(COC(=O)CCCCCCCCC/C=C\CCCCCC)COP(=O)(O)OCCN(C)C. The lowest BCUT2D eigenvalue weighted by molar-refractivity contribution is -0.161. The molecule has 10 heteroatoms. The van der Waals surface area contributed by atoms with E-state index in [2.05, 4.69) is 62.5 Å². The van der Waals surface area contributed by atoms with Crippen LogP contribution in [0.15, 0.2) is 48.6 Å². The van der Waals surface area contributed by atoms with Crippen LogP contribution in [0, 0.1) is 0 Å². The summed E-state index contributed by atoms with van der Waals surface area (Å²) < 4.78 is 33.4. The number of ether oxygens (including phenoxy) is 2. The molecule has 0 fully saturated rings. The second-order valence-corrected chi connectivity index (χ2v) is 15.6. The summed E-state index contributed by atoms with van der Waals surface area (Å²) in [5.41, 5.74) is 0. The zero-order valence-corrected chi connectivity index (χ0v) is 35.1. The summed E-state index contributed by atoms with van der Waals surface area (Å²) in [6.07, 6.45) is 41.5. The number of unbranched alkanes of at least 4 members (excludes halogenated alkanes) is 16.